The number of ether oxygens (including phenoxy) is 1. The number of guanidine groups is 1. The molecule has 0 aliphatic heterocycles. The van der Waals surface area contributed by atoms with E-state index >= 15 is 0 Å². The van der Waals surface area contributed by atoms with Gasteiger partial charge in [0.2, 0.25) is 0 Å². The fraction of sp³-hybridized carbons (Fsp3) is 0.444. The second kappa shape index (κ2) is 14.0. The van der Waals surface area contributed by atoms with Crippen LogP contribution in [0.2, 0.25) is 0 Å². The van der Waals surface area contributed by atoms with Gasteiger partial charge in [0.15, 0.2) is 5.96 Å². The van der Waals surface area contributed by atoms with Gasteiger partial charge >= 0.3 is 0 Å². The van der Waals surface area contributed by atoms with Crippen LogP contribution in [0.4, 0.5) is 0 Å². The molecule has 5 nitrogen and oxygen atoms in total. The van der Waals surface area contributed by atoms with Crippen molar-refractivity contribution in [1.82, 2.24) is 15.6 Å². The van der Waals surface area contributed by atoms with Crippen LogP contribution in [0.5, 0.6) is 0 Å². The van der Waals surface area contributed by atoms with Gasteiger partial charge < -0.3 is 15.4 Å². The van der Waals surface area contributed by atoms with Gasteiger partial charge in [-0.25, -0.2) is 4.99 Å². The Balaban J connectivity index is 0.00000312. The fourth-order valence-corrected chi connectivity index (χ4v) is 2.82. The van der Waals surface area contributed by atoms with Gasteiger partial charge in [0.1, 0.15) is 0 Å². The second-order valence-corrected chi connectivity index (χ2v) is 6.25. The molecule has 0 radical (unpaired) electrons. The molecule has 0 fully saturated rings. The monoisotopic (exact) mass is 474 g/mol. The minimum Gasteiger partial charge on any atom is -0.382 e. The molecule has 25 heavy (non-hydrogen) atoms. The summed E-state index contributed by atoms with van der Waals surface area (Å²) in [7, 11) is 0. The molecule has 2 heterocycles. The zero-order valence-electron chi connectivity index (χ0n) is 14.6. The molecule has 0 amide bonds. The minimum atomic E-state index is 0. The first-order valence-electron chi connectivity index (χ1n) is 8.40. The average Bonchev–Trinajstić information content (AvgIpc) is 3.13. The van der Waals surface area contributed by atoms with Crippen LogP contribution in [0.25, 0.3) is 0 Å². The van der Waals surface area contributed by atoms with Crippen molar-refractivity contribution in [2.24, 2.45) is 4.99 Å². The molecule has 0 unspecified atom stereocenters. The summed E-state index contributed by atoms with van der Waals surface area (Å²) in [4.78, 5) is 10.3. The third-order valence-corrected chi connectivity index (χ3v) is 4.27. The molecule has 0 aliphatic carbocycles. The Morgan fingerprint density at radius 1 is 1.20 bits per heavy atom. The summed E-state index contributed by atoms with van der Waals surface area (Å²) in [6, 6.07) is 10.1. The zero-order valence-corrected chi connectivity index (χ0v) is 17.8. The number of halogens is 1. The van der Waals surface area contributed by atoms with E-state index in [0.29, 0.717) is 6.54 Å². The highest BCUT2D eigenvalue weighted by Gasteiger charge is 2.00. The van der Waals surface area contributed by atoms with E-state index in [0.717, 1.165) is 50.8 Å². The Labute approximate surface area is 171 Å². The van der Waals surface area contributed by atoms with E-state index in [-0.39, 0.29) is 24.0 Å². The first-order valence-corrected chi connectivity index (χ1v) is 9.28. The summed E-state index contributed by atoms with van der Waals surface area (Å²) < 4.78 is 5.37. The van der Waals surface area contributed by atoms with E-state index in [4.69, 9.17) is 4.74 Å². The Morgan fingerprint density at radius 2 is 2.08 bits per heavy atom. The predicted molar refractivity (Wildman–Crippen MR) is 116 cm³/mol. The summed E-state index contributed by atoms with van der Waals surface area (Å²) in [5.41, 5.74) is 0.964. The molecular weight excluding hydrogens is 447 g/mol. The zero-order chi connectivity index (χ0) is 16.9. The topological polar surface area (TPSA) is 58.5 Å². The van der Waals surface area contributed by atoms with Crippen molar-refractivity contribution in [3.63, 3.8) is 0 Å². The minimum absolute atomic E-state index is 0. The van der Waals surface area contributed by atoms with Crippen LogP contribution < -0.4 is 10.6 Å². The van der Waals surface area contributed by atoms with Crippen LogP contribution in [-0.4, -0.2) is 37.2 Å². The van der Waals surface area contributed by atoms with Gasteiger partial charge in [-0.05, 0) is 43.3 Å². The summed E-state index contributed by atoms with van der Waals surface area (Å²) >= 11 is 1.78. The van der Waals surface area contributed by atoms with Gasteiger partial charge in [0.05, 0.1) is 12.2 Å². The smallest absolute Gasteiger partial charge is 0.191 e. The number of aliphatic imine (C=N–C) groups is 1. The maximum atomic E-state index is 5.37. The number of aromatic nitrogens is 1. The summed E-state index contributed by atoms with van der Waals surface area (Å²) in [6.07, 6.45) is 3.76. The molecule has 2 aromatic rings. The van der Waals surface area contributed by atoms with Crippen molar-refractivity contribution in [3.8, 4) is 0 Å². The standard InChI is InChI=1S/C18H26N4OS.HI/c1-2-23-13-6-11-20-18(21-12-9-17-8-5-14-24-17)22-15-16-7-3-4-10-19-16;/h3-5,7-8,10,14H,2,6,9,11-13,15H2,1H3,(H2,20,21,22);1H. The van der Waals surface area contributed by atoms with Crippen molar-refractivity contribution in [3.05, 3.63) is 52.5 Å². The Kier molecular flexibility index (Phi) is 12.3. The van der Waals surface area contributed by atoms with Gasteiger partial charge in [-0.15, -0.1) is 35.3 Å². The highest BCUT2D eigenvalue weighted by atomic mass is 127. The first-order chi connectivity index (χ1) is 11.9. The summed E-state index contributed by atoms with van der Waals surface area (Å²) in [5, 5.41) is 8.87. The van der Waals surface area contributed by atoms with Crippen molar-refractivity contribution < 1.29 is 4.74 Å². The lowest BCUT2D eigenvalue weighted by Crippen LogP contribution is -2.39. The highest BCUT2D eigenvalue weighted by molar-refractivity contribution is 14.0. The number of rotatable bonds is 10. The van der Waals surface area contributed by atoms with Crippen LogP contribution >= 0.6 is 35.3 Å². The van der Waals surface area contributed by atoms with Crippen molar-refractivity contribution >= 4 is 41.3 Å². The lowest BCUT2D eigenvalue weighted by atomic mass is 10.3. The molecule has 0 atom stereocenters. The number of nitrogens with zero attached hydrogens (tertiary/aromatic N) is 2. The van der Waals surface area contributed by atoms with Crippen LogP contribution in [0.1, 0.15) is 23.9 Å². The quantitative estimate of drug-likeness (QED) is 0.240. The van der Waals surface area contributed by atoms with E-state index in [1.165, 1.54) is 4.88 Å². The summed E-state index contributed by atoms with van der Waals surface area (Å²) in [5.74, 6) is 0.828. The molecule has 0 saturated carbocycles. The van der Waals surface area contributed by atoms with Gasteiger partial charge in [0, 0.05) is 37.4 Å². The Morgan fingerprint density at radius 3 is 2.80 bits per heavy atom. The Hall–Kier alpha value is -1.19. The maximum Gasteiger partial charge on any atom is 0.191 e. The van der Waals surface area contributed by atoms with E-state index in [9.17, 15) is 0 Å². The normalized spacial score (nSPS) is 11.0. The van der Waals surface area contributed by atoms with Crippen LogP contribution in [0.15, 0.2) is 46.9 Å². The lowest BCUT2D eigenvalue weighted by Gasteiger charge is -2.12. The van der Waals surface area contributed by atoms with Crippen molar-refractivity contribution in [2.75, 3.05) is 26.3 Å². The number of hydrogen-bond acceptors (Lipinski definition) is 4. The van der Waals surface area contributed by atoms with E-state index in [2.05, 4.69) is 38.1 Å². The predicted octanol–water partition coefficient (Wildman–Crippen LogP) is 3.47. The van der Waals surface area contributed by atoms with Crippen molar-refractivity contribution in [2.45, 2.75) is 26.3 Å². The van der Waals surface area contributed by atoms with Crippen LogP contribution in [-0.2, 0) is 17.7 Å². The average molecular weight is 474 g/mol. The molecule has 0 saturated heterocycles. The maximum absolute atomic E-state index is 5.37. The Bertz CT molecular complexity index is 578. The molecule has 0 aromatic carbocycles. The van der Waals surface area contributed by atoms with Gasteiger partial charge in [0.25, 0.3) is 0 Å². The van der Waals surface area contributed by atoms with Crippen LogP contribution in [0.3, 0.4) is 0 Å². The molecule has 2 rings (SSSR count). The highest BCUT2D eigenvalue weighted by Crippen LogP contribution is 2.08. The van der Waals surface area contributed by atoms with E-state index in [1.54, 1.807) is 17.5 Å². The van der Waals surface area contributed by atoms with Gasteiger partial charge in [-0.3, -0.25) is 4.98 Å². The third kappa shape index (κ3) is 9.76. The number of hydrogen-bond donors (Lipinski definition) is 2. The molecule has 0 bridgehead atoms. The van der Waals surface area contributed by atoms with Crippen LogP contribution in [0, 0.1) is 0 Å². The molecule has 138 valence electrons. The lowest BCUT2D eigenvalue weighted by molar-refractivity contribution is 0.145. The number of nitrogens with one attached hydrogen (secondary N) is 2. The molecule has 2 N–H and O–H groups in total. The largest absolute Gasteiger partial charge is 0.382 e. The molecule has 0 spiro atoms. The number of pyridine rings is 1. The summed E-state index contributed by atoms with van der Waals surface area (Å²) in [6.45, 7) is 5.82. The van der Waals surface area contributed by atoms with Gasteiger partial charge in [-0.1, -0.05) is 12.1 Å². The number of thiophene rings is 1. The van der Waals surface area contributed by atoms with Gasteiger partial charge in [-0.2, -0.15) is 0 Å². The third-order valence-electron chi connectivity index (χ3n) is 3.33. The molecular formula is C18H27IN4OS. The first kappa shape index (κ1) is 21.9. The molecule has 0 aliphatic rings. The van der Waals surface area contributed by atoms with E-state index in [1.807, 2.05) is 25.1 Å². The van der Waals surface area contributed by atoms with E-state index < -0.39 is 0 Å². The second-order valence-electron chi connectivity index (χ2n) is 5.22. The SMILES string of the molecule is CCOCCCNC(=NCc1ccccn1)NCCc1cccs1.I. The molecule has 7 heteroatoms. The molecule has 2 aromatic heterocycles. The fourth-order valence-electron chi connectivity index (χ4n) is 2.11. The van der Waals surface area contributed by atoms with Crippen molar-refractivity contribution in [1.29, 1.82) is 0 Å².